The number of hydrogen-bond acceptors (Lipinski definition) is 6. The van der Waals surface area contributed by atoms with Crippen LogP contribution in [0.25, 0.3) is 0 Å². The van der Waals surface area contributed by atoms with Gasteiger partial charge in [0.15, 0.2) is 0 Å². The topological polar surface area (TPSA) is 56.7 Å². The summed E-state index contributed by atoms with van der Waals surface area (Å²) in [5.74, 6) is 1.53. The minimum absolute atomic E-state index is 0.624. The van der Waals surface area contributed by atoms with Gasteiger partial charge in [0, 0.05) is 23.0 Å². The number of thioether (sulfide) groups is 1. The van der Waals surface area contributed by atoms with Crippen LogP contribution in [-0.2, 0) is 13.0 Å². The van der Waals surface area contributed by atoms with Gasteiger partial charge in [0.2, 0.25) is 5.89 Å². The Labute approximate surface area is 118 Å². The minimum atomic E-state index is 0.624. The van der Waals surface area contributed by atoms with Gasteiger partial charge in [-0.15, -0.1) is 21.5 Å². The molecule has 0 spiro atoms. The van der Waals surface area contributed by atoms with E-state index >= 15 is 0 Å². The molecular formula is C12H12N4OS2. The lowest BCUT2D eigenvalue weighted by molar-refractivity contribution is 0.420. The van der Waals surface area contributed by atoms with E-state index in [2.05, 4.69) is 21.4 Å². The second kappa shape index (κ2) is 6.03. The average Bonchev–Trinajstić information content (AvgIpc) is 3.12. The summed E-state index contributed by atoms with van der Waals surface area (Å²) in [6, 6.07) is 6.01. The van der Waals surface area contributed by atoms with E-state index in [1.807, 2.05) is 28.4 Å². The normalized spacial score (nSPS) is 10.9. The zero-order valence-corrected chi connectivity index (χ0v) is 11.7. The molecule has 0 radical (unpaired) electrons. The Bertz CT molecular complexity index is 604. The summed E-state index contributed by atoms with van der Waals surface area (Å²) < 4.78 is 7.48. The average molecular weight is 292 g/mol. The first kappa shape index (κ1) is 12.4. The van der Waals surface area contributed by atoms with E-state index < -0.39 is 0 Å². The summed E-state index contributed by atoms with van der Waals surface area (Å²) >= 11 is 3.25. The van der Waals surface area contributed by atoms with Gasteiger partial charge < -0.3 is 4.42 Å². The van der Waals surface area contributed by atoms with Crippen molar-refractivity contribution in [2.24, 2.45) is 0 Å². The molecule has 19 heavy (non-hydrogen) atoms. The van der Waals surface area contributed by atoms with Crippen LogP contribution < -0.4 is 0 Å². The number of hydrogen-bond donors (Lipinski definition) is 0. The van der Waals surface area contributed by atoms with Crippen molar-refractivity contribution in [2.75, 3.05) is 5.75 Å². The molecule has 3 aromatic rings. The first-order valence-corrected chi connectivity index (χ1v) is 7.72. The van der Waals surface area contributed by atoms with E-state index in [1.165, 1.54) is 4.88 Å². The maximum atomic E-state index is 5.59. The number of aromatic nitrogens is 4. The molecule has 98 valence electrons. The predicted octanol–water partition coefficient (Wildman–Crippen LogP) is 2.71. The molecule has 0 bridgehead atoms. The van der Waals surface area contributed by atoms with Crippen molar-refractivity contribution in [3.05, 3.63) is 46.7 Å². The standard InChI is InChI=1S/C12H12N4OS2/c1-3-10(18-7-1)9-11-14-15-12(17-11)19-8-6-16-5-2-4-13-16/h1-5,7H,6,8-9H2. The van der Waals surface area contributed by atoms with E-state index in [9.17, 15) is 0 Å². The third-order valence-electron chi connectivity index (χ3n) is 2.46. The summed E-state index contributed by atoms with van der Waals surface area (Å²) in [5.41, 5.74) is 0. The molecule has 0 fully saturated rings. The van der Waals surface area contributed by atoms with Crippen molar-refractivity contribution in [1.82, 2.24) is 20.0 Å². The van der Waals surface area contributed by atoms with Crippen LogP contribution in [0.15, 0.2) is 45.6 Å². The highest BCUT2D eigenvalue weighted by molar-refractivity contribution is 7.99. The highest BCUT2D eigenvalue weighted by Gasteiger charge is 2.08. The molecule has 0 saturated heterocycles. The Morgan fingerprint density at radius 3 is 3.11 bits per heavy atom. The van der Waals surface area contributed by atoms with Gasteiger partial charge in [-0.2, -0.15) is 5.10 Å². The summed E-state index contributed by atoms with van der Waals surface area (Å²) in [7, 11) is 0. The van der Waals surface area contributed by atoms with Crippen molar-refractivity contribution >= 4 is 23.1 Å². The Morgan fingerprint density at radius 2 is 2.32 bits per heavy atom. The molecule has 0 saturated carbocycles. The second-order valence-corrected chi connectivity index (χ2v) is 5.91. The second-order valence-electron chi connectivity index (χ2n) is 3.84. The van der Waals surface area contributed by atoms with Crippen LogP contribution in [0, 0.1) is 0 Å². The minimum Gasteiger partial charge on any atom is -0.416 e. The van der Waals surface area contributed by atoms with Crippen molar-refractivity contribution in [2.45, 2.75) is 18.2 Å². The van der Waals surface area contributed by atoms with Crippen LogP contribution in [0.1, 0.15) is 10.8 Å². The molecule has 3 heterocycles. The Kier molecular flexibility index (Phi) is 3.95. The Balaban J connectivity index is 1.50. The fourth-order valence-electron chi connectivity index (χ4n) is 1.59. The van der Waals surface area contributed by atoms with Gasteiger partial charge in [-0.3, -0.25) is 4.68 Å². The van der Waals surface area contributed by atoms with Crippen molar-refractivity contribution < 1.29 is 4.42 Å². The molecule has 3 aromatic heterocycles. The van der Waals surface area contributed by atoms with Crippen LogP contribution in [0.5, 0.6) is 0 Å². The molecule has 0 aliphatic rings. The van der Waals surface area contributed by atoms with Crippen LogP contribution in [-0.4, -0.2) is 25.7 Å². The molecule has 0 atom stereocenters. The first-order valence-electron chi connectivity index (χ1n) is 5.85. The lowest BCUT2D eigenvalue weighted by Crippen LogP contribution is -2.00. The van der Waals surface area contributed by atoms with E-state index in [-0.39, 0.29) is 0 Å². The quantitative estimate of drug-likeness (QED) is 0.654. The third-order valence-corrected chi connectivity index (χ3v) is 4.13. The van der Waals surface area contributed by atoms with Gasteiger partial charge in [-0.05, 0) is 17.5 Å². The fourth-order valence-corrected chi connectivity index (χ4v) is 2.99. The van der Waals surface area contributed by atoms with Gasteiger partial charge in [-0.1, -0.05) is 17.8 Å². The van der Waals surface area contributed by atoms with Crippen LogP contribution in [0.2, 0.25) is 0 Å². The third kappa shape index (κ3) is 3.45. The first-order chi connectivity index (χ1) is 9.40. The molecule has 7 heteroatoms. The molecule has 0 unspecified atom stereocenters. The summed E-state index contributed by atoms with van der Waals surface area (Å²) in [6.07, 6.45) is 4.43. The van der Waals surface area contributed by atoms with E-state index in [1.54, 1.807) is 29.3 Å². The molecule has 0 aliphatic carbocycles. The largest absolute Gasteiger partial charge is 0.416 e. The van der Waals surface area contributed by atoms with Gasteiger partial charge in [0.05, 0.1) is 13.0 Å². The van der Waals surface area contributed by atoms with E-state index in [0.717, 1.165) is 12.3 Å². The zero-order valence-electron chi connectivity index (χ0n) is 10.1. The smallest absolute Gasteiger partial charge is 0.276 e. The van der Waals surface area contributed by atoms with E-state index in [4.69, 9.17) is 4.42 Å². The maximum Gasteiger partial charge on any atom is 0.276 e. The maximum absolute atomic E-state index is 5.59. The van der Waals surface area contributed by atoms with Gasteiger partial charge in [0.25, 0.3) is 5.22 Å². The van der Waals surface area contributed by atoms with Crippen LogP contribution in [0.3, 0.4) is 0 Å². The lowest BCUT2D eigenvalue weighted by Gasteiger charge is -1.97. The van der Waals surface area contributed by atoms with Crippen molar-refractivity contribution in [3.8, 4) is 0 Å². The van der Waals surface area contributed by atoms with Gasteiger partial charge >= 0.3 is 0 Å². The molecule has 0 amide bonds. The predicted molar refractivity (Wildman–Crippen MR) is 74.4 cm³/mol. The molecule has 0 aromatic carbocycles. The van der Waals surface area contributed by atoms with Crippen LogP contribution >= 0.6 is 23.1 Å². The number of thiophene rings is 1. The molecule has 0 aliphatic heterocycles. The van der Waals surface area contributed by atoms with E-state index in [0.29, 0.717) is 17.5 Å². The Hall–Kier alpha value is -1.60. The van der Waals surface area contributed by atoms with Gasteiger partial charge in [-0.25, -0.2) is 0 Å². The zero-order chi connectivity index (χ0) is 12.9. The Morgan fingerprint density at radius 1 is 1.32 bits per heavy atom. The van der Waals surface area contributed by atoms with Crippen LogP contribution in [0.4, 0.5) is 0 Å². The molecular weight excluding hydrogens is 280 g/mol. The highest BCUT2D eigenvalue weighted by atomic mass is 32.2. The summed E-state index contributed by atoms with van der Waals surface area (Å²) in [4.78, 5) is 1.23. The lowest BCUT2D eigenvalue weighted by atomic mass is 10.3. The molecule has 0 N–H and O–H groups in total. The monoisotopic (exact) mass is 292 g/mol. The van der Waals surface area contributed by atoms with Crippen molar-refractivity contribution in [3.63, 3.8) is 0 Å². The number of rotatable bonds is 6. The highest BCUT2D eigenvalue weighted by Crippen LogP contribution is 2.19. The van der Waals surface area contributed by atoms with Crippen molar-refractivity contribution in [1.29, 1.82) is 0 Å². The SMILES string of the molecule is c1csc(Cc2nnc(SCCn3cccn3)o2)c1. The molecule has 5 nitrogen and oxygen atoms in total. The summed E-state index contributed by atoms with van der Waals surface area (Å²) in [5, 5.41) is 14.9. The van der Waals surface area contributed by atoms with Gasteiger partial charge in [0.1, 0.15) is 0 Å². The fraction of sp³-hybridized carbons (Fsp3) is 0.250. The summed E-state index contributed by atoms with van der Waals surface area (Å²) in [6.45, 7) is 0.834. The number of nitrogens with zero attached hydrogens (tertiary/aromatic N) is 4. The molecule has 3 rings (SSSR count). The number of aryl methyl sites for hydroxylation is 1.